The maximum atomic E-state index is 13.0. The number of ether oxygens (including phenoxy) is 2. The van der Waals surface area contributed by atoms with Crippen molar-refractivity contribution in [3.63, 3.8) is 0 Å². The summed E-state index contributed by atoms with van der Waals surface area (Å²) in [7, 11) is 3.19. The van der Waals surface area contributed by atoms with Gasteiger partial charge in [0.15, 0.2) is 0 Å². The van der Waals surface area contributed by atoms with E-state index in [1.54, 1.807) is 73.8 Å². The molecule has 0 bridgehead atoms. The molecule has 8 rings (SSSR count). The minimum absolute atomic E-state index is 0.0780. The van der Waals surface area contributed by atoms with Crippen molar-refractivity contribution in [3.05, 3.63) is 139 Å². The fraction of sp³-hybridized carbons (Fsp3) is 0.0732. The van der Waals surface area contributed by atoms with Crippen molar-refractivity contribution in [2.45, 2.75) is 6.42 Å². The van der Waals surface area contributed by atoms with Gasteiger partial charge in [-0.3, -0.25) is 10.9 Å². The van der Waals surface area contributed by atoms with E-state index in [9.17, 15) is 19.8 Å². The molecular formula is C41H30N6O8S2. The summed E-state index contributed by atoms with van der Waals surface area (Å²) in [6.07, 6.45) is 3.60. The van der Waals surface area contributed by atoms with Gasteiger partial charge < -0.3 is 28.5 Å². The molecule has 0 radical (unpaired) electrons. The second kappa shape index (κ2) is 15.8. The quantitative estimate of drug-likeness (QED) is 0.0529. The van der Waals surface area contributed by atoms with Gasteiger partial charge in [0.1, 0.15) is 45.3 Å². The number of aromatic hydroxyl groups is 2. The van der Waals surface area contributed by atoms with Gasteiger partial charge in [0.05, 0.1) is 48.8 Å². The zero-order chi connectivity index (χ0) is 39.5. The molecule has 16 heteroatoms. The minimum atomic E-state index is -0.738. The van der Waals surface area contributed by atoms with Crippen molar-refractivity contribution in [1.82, 2.24) is 9.97 Å². The van der Waals surface area contributed by atoms with Crippen molar-refractivity contribution < 1.29 is 28.5 Å². The molecule has 0 aliphatic carbocycles. The summed E-state index contributed by atoms with van der Waals surface area (Å²) in [5.41, 5.74) is 8.15. The monoisotopic (exact) mass is 798 g/mol. The Kier molecular flexibility index (Phi) is 10.2. The number of benzene rings is 4. The van der Waals surface area contributed by atoms with Gasteiger partial charge in [0, 0.05) is 10.8 Å². The Balaban J connectivity index is 1.01. The Morgan fingerprint density at radius 3 is 1.47 bits per heavy atom. The highest BCUT2D eigenvalue weighted by Crippen LogP contribution is 2.37. The van der Waals surface area contributed by atoms with Crippen LogP contribution in [0, 0.1) is 0 Å². The fourth-order valence-electron chi connectivity index (χ4n) is 5.96. The van der Waals surface area contributed by atoms with E-state index in [4.69, 9.17) is 18.3 Å². The molecule has 4 N–H and O–H groups in total. The van der Waals surface area contributed by atoms with Crippen LogP contribution in [0.3, 0.4) is 0 Å². The molecule has 0 fully saturated rings. The number of anilines is 2. The summed E-state index contributed by atoms with van der Waals surface area (Å²) in [5, 5.41) is 35.8. The lowest BCUT2D eigenvalue weighted by Crippen LogP contribution is -2.05. The lowest BCUT2D eigenvalue weighted by atomic mass is 10.00. The number of nitrogens with zero attached hydrogens (tertiary/aromatic N) is 4. The smallest absolute Gasteiger partial charge is 0.349 e. The number of methoxy groups -OCH3 is 2. The largest absolute Gasteiger partial charge is 0.506 e. The summed E-state index contributed by atoms with van der Waals surface area (Å²) in [4.78, 5) is 34.9. The third-order valence-electron chi connectivity index (χ3n) is 8.79. The Hall–Kier alpha value is -7.30. The number of hydrogen-bond acceptors (Lipinski definition) is 16. The molecule has 0 saturated heterocycles. The number of fused-ring (bicyclic) bond motifs is 2. The van der Waals surface area contributed by atoms with Gasteiger partial charge in [0.2, 0.25) is 10.3 Å². The van der Waals surface area contributed by atoms with E-state index in [0.717, 1.165) is 33.8 Å². The predicted octanol–water partition coefficient (Wildman–Crippen LogP) is 8.06. The number of nitrogens with one attached hydrogen (secondary N) is 2. The standard InChI is InChI=1S/C41H30N6O8S2/c1-52-26-9-3-22(4-10-26)18-42-46-40-44-30(20-56-40)34-36(48)28-16-24(7-13-32(28)54-38(34)50)15-25-8-14-33-29(17-25)37(49)35(39(51)55-33)31-21-57-41(45-31)47-43-19-23-5-11-27(53-2)12-6-23/h3-14,16-21,48-49H,15H2,1-2H3,(H,44,46)(H,45,47)/b42-18+,43-19+. The molecular weight excluding hydrogens is 769 g/mol. The van der Waals surface area contributed by atoms with Crippen LogP contribution in [0.15, 0.2) is 124 Å². The van der Waals surface area contributed by atoms with E-state index in [2.05, 4.69) is 31.0 Å². The van der Waals surface area contributed by atoms with Crippen LogP contribution >= 0.6 is 22.7 Å². The summed E-state index contributed by atoms with van der Waals surface area (Å²) in [6.45, 7) is 0. The molecule has 4 aromatic heterocycles. The molecule has 14 nitrogen and oxygen atoms in total. The first-order valence-corrected chi connectivity index (χ1v) is 18.9. The highest BCUT2D eigenvalue weighted by atomic mass is 32.1. The van der Waals surface area contributed by atoms with E-state index in [-0.39, 0.29) is 45.2 Å². The Morgan fingerprint density at radius 1 is 0.649 bits per heavy atom. The highest BCUT2D eigenvalue weighted by Gasteiger charge is 2.21. The van der Waals surface area contributed by atoms with Crippen LogP contribution in [-0.2, 0) is 6.42 Å². The van der Waals surface area contributed by atoms with Gasteiger partial charge in [-0.2, -0.15) is 10.2 Å². The first kappa shape index (κ1) is 36.7. The molecule has 0 unspecified atom stereocenters. The van der Waals surface area contributed by atoms with Gasteiger partial charge in [-0.15, -0.1) is 22.7 Å². The van der Waals surface area contributed by atoms with Crippen molar-refractivity contribution in [2.24, 2.45) is 10.2 Å². The summed E-state index contributed by atoms with van der Waals surface area (Å²) in [6, 6.07) is 24.9. The minimum Gasteiger partial charge on any atom is -0.506 e. The van der Waals surface area contributed by atoms with Gasteiger partial charge in [-0.1, -0.05) is 12.1 Å². The lowest BCUT2D eigenvalue weighted by molar-refractivity contribution is 0.414. The van der Waals surface area contributed by atoms with Crippen LogP contribution in [0.4, 0.5) is 10.3 Å². The zero-order valence-electron chi connectivity index (χ0n) is 30.0. The molecule has 0 spiro atoms. The van der Waals surface area contributed by atoms with Crippen LogP contribution < -0.4 is 31.6 Å². The zero-order valence-corrected chi connectivity index (χ0v) is 31.7. The number of rotatable bonds is 12. The Morgan fingerprint density at radius 2 is 1.07 bits per heavy atom. The second-order valence-electron chi connectivity index (χ2n) is 12.4. The molecule has 0 atom stereocenters. The van der Waals surface area contributed by atoms with E-state index >= 15 is 0 Å². The highest BCUT2D eigenvalue weighted by molar-refractivity contribution is 7.14. The van der Waals surface area contributed by atoms with E-state index in [1.165, 1.54) is 22.7 Å². The van der Waals surface area contributed by atoms with Crippen molar-refractivity contribution in [3.8, 4) is 45.5 Å². The van der Waals surface area contributed by atoms with E-state index < -0.39 is 11.3 Å². The van der Waals surface area contributed by atoms with Gasteiger partial charge in [-0.05, 0) is 101 Å². The molecule has 8 aromatic rings. The molecule has 57 heavy (non-hydrogen) atoms. The summed E-state index contributed by atoms with van der Waals surface area (Å²) in [5.74, 6) is 0.922. The number of aromatic nitrogens is 2. The number of hydrazone groups is 2. The second-order valence-corrected chi connectivity index (χ2v) is 14.1. The molecule has 0 saturated carbocycles. The molecule has 0 aliphatic rings. The van der Waals surface area contributed by atoms with Gasteiger partial charge in [-0.25, -0.2) is 19.6 Å². The number of hydrogen-bond donors (Lipinski definition) is 4. The molecule has 284 valence electrons. The van der Waals surface area contributed by atoms with Gasteiger partial charge in [0.25, 0.3) is 0 Å². The lowest BCUT2D eigenvalue weighted by Gasteiger charge is -2.09. The average Bonchev–Trinajstić information content (AvgIpc) is 3.89. The molecule has 4 heterocycles. The maximum Gasteiger partial charge on any atom is 0.349 e. The Labute approximate surface area is 330 Å². The SMILES string of the molecule is COc1ccc(/C=N/Nc2nc(-c3c(O)c4cc(Cc5ccc6oc(=O)c(-c7csc(N/N=C/c8ccc(OC)cc8)n7)c(O)c6c5)ccc4oc3=O)cs2)cc1. The summed E-state index contributed by atoms with van der Waals surface area (Å²) < 4.78 is 21.5. The molecule has 4 aromatic carbocycles. The van der Waals surface area contributed by atoms with Crippen molar-refractivity contribution in [2.75, 3.05) is 25.1 Å². The summed E-state index contributed by atoms with van der Waals surface area (Å²) >= 11 is 2.42. The predicted molar refractivity (Wildman–Crippen MR) is 222 cm³/mol. The fourth-order valence-corrected chi connectivity index (χ4v) is 7.26. The average molecular weight is 799 g/mol. The van der Waals surface area contributed by atoms with Crippen LogP contribution in [0.1, 0.15) is 22.3 Å². The van der Waals surface area contributed by atoms with Gasteiger partial charge >= 0.3 is 11.3 Å². The maximum absolute atomic E-state index is 13.0. The van der Waals surface area contributed by atoms with Crippen LogP contribution in [-0.4, -0.2) is 46.8 Å². The first-order valence-electron chi connectivity index (χ1n) is 17.1. The topological polar surface area (TPSA) is 194 Å². The third-order valence-corrected chi connectivity index (χ3v) is 10.3. The van der Waals surface area contributed by atoms with E-state index in [1.807, 2.05) is 48.5 Å². The van der Waals surface area contributed by atoms with Crippen molar-refractivity contribution in [1.29, 1.82) is 0 Å². The Bertz CT molecular complexity index is 2740. The first-order chi connectivity index (χ1) is 27.8. The molecule has 0 amide bonds. The van der Waals surface area contributed by atoms with Crippen LogP contribution in [0.2, 0.25) is 0 Å². The third kappa shape index (κ3) is 7.80. The van der Waals surface area contributed by atoms with Crippen molar-refractivity contribution >= 4 is 67.3 Å². The normalized spacial score (nSPS) is 11.5. The van der Waals surface area contributed by atoms with E-state index in [0.29, 0.717) is 27.5 Å². The van der Waals surface area contributed by atoms with Crippen LogP contribution in [0.5, 0.6) is 23.0 Å². The van der Waals surface area contributed by atoms with Crippen LogP contribution in [0.25, 0.3) is 44.5 Å². The molecule has 0 aliphatic heterocycles. The number of thiazole rings is 2.